The summed E-state index contributed by atoms with van der Waals surface area (Å²) in [5, 5.41) is 10.2. The van der Waals surface area contributed by atoms with Gasteiger partial charge >= 0.3 is 0 Å². The first-order chi connectivity index (χ1) is 9.83. The number of hydrogen-bond donors (Lipinski definition) is 1. The Kier molecular flexibility index (Phi) is 3.22. The van der Waals surface area contributed by atoms with Crippen LogP contribution in [0.25, 0.3) is 10.9 Å². The first kappa shape index (κ1) is 14.0. The third-order valence-electron chi connectivity index (χ3n) is 3.71. The number of anilines is 1. The minimum atomic E-state index is -3.56. The standard InChI is InChI=1S/C13H16N4O3S/c1-16-12-3-2-11(5-10(12)6-15-16)17-7-9(4-13(17)18)8-21(14,19)20/h2-3,5-6,9H,4,7-8H2,1H3,(H2,14,19,20). The summed E-state index contributed by atoms with van der Waals surface area (Å²) < 4.78 is 24.1. The van der Waals surface area contributed by atoms with Gasteiger partial charge in [-0.05, 0) is 18.2 Å². The van der Waals surface area contributed by atoms with Crippen LogP contribution >= 0.6 is 0 Å². The molecule has 21 heavy (non-hydrogen) atoms. The van der Waals surface area contributed by atoms with Crippen LogP contribution < -0.4 is 10.0 Å². The number of hydrogen-bond acceptors (Lipinski definition) is 4. The highest BCUT2D eigenvalue weighted by atomic mass is 32.2. The molecule has 1 aliphatic rings. The monoisotopic (exact) mass is 308 g/mol. The van der Waals surface area contributed by atoms with Crippen LogP contribution in [0.5, 0.6) is 0 Å². The van der Waals surface area contributed by atoms with Crippen molar-refractivity contribution in [2.24, 2.45) is 18.1 Å². The third kappa shape index (κ3) is 2.77. The first-order valence-electron chi connectivity index (χ1n) is 6.56. The fourth-order valence-electron chi connectivity index (χ4n) is 2.79. The lowest BCUT2D eigenvalue weighted by Crippen LogP contribution is -2.27. The molecule has 112 valence electrons. The van der Waals surface area contributed by atoms with Gasteiger partial charge in [-0.15, -0.1) is 0 Å². The van der Waals surface area contributed by atoms with Gasteiger partial charge in [0.1, 0.15) is 0 Å². The molecule has 0 saturated carbocycles. The van der Waals surface area contributed by atoms with Crippen LogP contribution in [0.4, 0.5) is 5.69 Å². The molecular weight excluding hydrogens is 292 g/mol. The van der Waals surface area contributed by atoms with E-state index in [4.69, 9.17) is 5.14 Å². The summed E-state index contributed by atoms with van der Waals surface area (Å²) in [4.78, 5) is 13.7. The van der Waals surface area contributed by atoms with E-state index in [2.05, 4.69) is 5.10 Å². The number of rotatable bonds is 3. The van der Waals surface area contributed by atoms with Gasteiger partial charge in [0, 0.05) is 37.0 Å². The van der Waals surface area contributed by atoms with E-state index in [1.807, 2.05) is 25.2 Å². The number of primary sulfonamides is 1. The van der Waals surface area contributed by atoms with Crippen molar-refractivity contribution in [2.75, 3.05) is 17.2 Å². The lowest BCUT2D eigenvalue weighted by molar-refractivity contribution is -0.117. The van der Waals surface area contributed by atoms with E-state index in [-0.39, 0.29) is 24.0 Å². The second kappa shape index (κ2) is 4.81. The van der Waals surface area contributed by atoms with E-state index in [9.17, 15) is 13.2 Å². The zero-order valence-electron chi connectivity index (χ0n) is 11.6. The number of aryl methyl sites for hydroxylation is 1. The highest BCUT2D eigenvalue weighted by Gasteiger charge is 2.32. The average molecular weight is 308 g/mol. The Labute approximate surface area is 122 Å². The van der Waals surface area contributed by atoms with Gasteiger partial charge in [0.15, 0.2) is 0 Å². The van der Waals surface area contributed by atoms with Crippen molar-refractivity contribution in [1.82, 2.24) is 9.78 Å². The van der Waals surface area contributed by atoms with Gasteiger partial charge in [-0.2, -0.15) is 5.10 Å². The smallest absolute Gasteiger partial charge is 0.227 e. The number of fused-ring (bicyclic) bond motifs is 1. The van der Waals surface area contributed by atoms with Gasteiger partial charge in [0.25, 0.3) is 0 Å². The molecule has 7 nitrogen and oxygen atoms in total. The van der Waals surface area contributed by atoms with Crippen molar-refractivity contribution >= 4 is 32.5 Å². The van der Waals surface area contributed by atoms with Crippen LogP contribution in [0.2, 0.25) is 0 Å². The van der Waals surface area contributed by atoms with E-state index in [1.165, 1.54) is 0 Å². The molecule has 0 spiro atoms. The van der Waals surface area contributed by atoms with Crippen LogP contribution in [0, 0.1) is 5.92 Å². The molecule has 1 atom stereocenters. The molecule has 2 N–H and O–H groups in total. The molecule has 1 unspecified atom stereocenters. The van der Waals surface area contributed by atoms with E-state index < -0.39 is 10.0 Å². The number of amides is 1. The van der Waals surface area contributed by atoms with Crippen molar-refractivity contribution < 1.29 is 13.2 Å². The van der Waals surface area contributed by atoms with Crippen LogP contribution in [-0.2, 0) is 21.9 Å². The number of carbonyl (C=O) groups excluding carboxylic acids is 1. The van der Waals surface area contributed by atoms with Crippen LogP contribution in [0.1, 0.15) is 6.42 Å². The molecule has 2 heterocycles. The number of nitrogens with zero attached hydrogens (tertiary/aromatic N) is 3. The normalized spacial score (nSPS) is 19.6. The van der Waals surface area contributed by atoms with E-state index in [0.29, 0.717) is 6.54 Å². The number of aromatic nitrogens is 2. The summed E-state index contributed by atoms with van der Waals surface area (Å²) in [6, 6.07) is 5.64. The maximum absolute atomic E-state index is 12.1. The number of nitrogens with two attached hydrogens (primary N) is 1. The predicted molar refractivity (Wildman–Crippen MR) is 79.1 cm³/mol. The fraction of sp³-hybridized carbons (Fsp3) is 0.385. The topological polar surface area (TPSA) is 98.3 Å². The van der Waals surface area contributed by atoms with Gasteiger partial charge in [-0.1, -0.05) is 0 Å². The molecule has 1 aromatic carbocycles. The van der Waals surface area contributed by atoms with Crippen molar-refractivity contribution in [3.8, 4) is 0 Å². The molecule has 1 aromatic heterocycles. The number of benzene rings is 1. The van der Waals surface area contributed by atoms with Crippen molar-refractivity contribution in [2.45, 2.75) is 6.42 Å². The van der Waals surface area contributed by atoms with Crippen molar-refractivity contribution in [3.63, 3.8) is 0 Å². The molecule has 1 fully saturated rings. The Morgan fingerprint density at radius 2 is 2.19 bits per heavy atom. The Balaban J connectivity index is 1.87. The lowest BCUT2D eigenvalue weighted by atomic mass is 10.1. The second-order valence-electron chi connectivity index (χ2n) is 5.42. The Morgan fingerprint density at radius 1 is 1.43 bits per heavy atom. The molecular formula is C13H16N4O3S. The van der Waals surface area contributed by atoms with Gasteiger partial charge in [0.05, 0.1) is 17.5 Å². The zero-order chi connectivity index (χ0) is 15.2. The van der Waals surface area contributed by atoms with E-state index in [0.717, 1.165) is 16.6 Å². The predicted octanol–water partition coefficient (Wildman–Crippen LogP) is 0.215. The van der Waals surface area contributed by atoms with Gasteiger partial charge in [-0.3, -0.25) is 9.48 Å². The quantitative estimate of drug-likeness (QED) is 0.876. The SMILES string of the molecule is Cn1ncc2cc(N3CC(CS(N)(=O)=O)CC3=O)ccc21. The number of carbonyl (C=O) groups is 1. The second-order valence-corrected chi connectivity index (χ2v) is 7.07. The maximum atomic E-state index is 12.1. The molecule has 8 heteroatoms. The fourth-order valence-corrected chi connectivity index (χ4v) is 3.67. The lowest BCUT2D eigenvalue weighted by Gasteiger charge is -2.16. The Morgan fingerprint density at radius 3 is 2.90 bits per heavy atom. The molecule has 1 amide bonds. The van der Waals surface area contributed by atoms with E-state index in [1.54, 1.807) is 15.8 Å². The third-order valence-corrected chi connectivity index (χ3v) is 4.65. The van der Waals surface area contributed by atoms with Crippen LogP contribution in [0.15, 0.2) is 24.4 Å². The van der Waals surface area contributed by atoms with Crippen LogP contribution in [0.3, 0.4) is 0 Å². The molecule has 0 bridgehead atoms. The summed E-state index contributed by atoms with van der Waals surface area (Å²) in [6.07, 6.45) is 1.95. The van der Waals surface area contributed by atoms with Crippen molar-refractivity contribution in [3.05, 3.63) is 24.4 Å². The first-order valence-corrected chi connectivity index (χ1v) is 8.27. The van der Waals surface area contributed by atoms with Gasteiger partial charge in [-0.25, -0.2) is 13.6 Å². The summed E-state index contributed by atoms with van der Waals surface area (Å²) in [7, 11) is -1.71. The summed E-state index contributed by atoms with van der Waals surface area (Å²) in [5.74, 6) is -0.492. The highest BCUT2D eigenvalue weighted by Crippen LogP contribution is 2.28. The number of sulfonamides is 1. The minimum absolute atomic E-state index is 0.0770. The van der Waals surface area contributed by atoms with Gasteiger partial charge < -0.3 is 4.90 Å². The molecule has 0 radical (unpaired) electrons. The minimum Gasteiger partial charge on any atom is -0.312 e. The summed E-state index contributed by atoms with van der Waals surface area (Å²) in [5.41, 5.74) is 1.74. The summed E-state index contributed by atoms with van der Waals surface area (Å²) in [6.45, 7) is 0.376. The average Bonchev–Trinajstić information content (AvgIpc) is 2.91. The Hall–Kier alpha value is -1.93. The summed E-state index contributed by atoms with van der Waals surface area (Å²) >= 11 is 0. The molecule has 3 rings (SSSR count). The largest absolute Gasteiger partial charge is 0.312 e. The molecule has 0 aliphatic carbocycles. The Bertz CT molecular complexity index is 812. The highest BCUT2D eigenvalue weighted by molar-refractivity contribution is 7.89. The molecule has 2 aromatic rings. The van der Waals surface area contributed by atoms with Crippen molar-refractivity contribution in [1.29, 1.82) is 0 Å². The molecule has 1 saturated heterocycles. The van der Waals surface area contributed by atoms with Gasteiger partial charge in [0.2, 0.25) is 15.9 Å². The molecule has 1 aliphatic heterocycles. The van der Waals surface area contributed by atoms with E-state index >= 15 is 0 Å². The van der Waals surface area contributed by atoms with Crippen LogP contribution in [-0.4, -0.2) is 36.4 Å². The zero-order valence-corrected chi connectivity index (χ0v) is 12.4. The maximum Gasteiger partial charge on any atom is 0.227 e.